The molecule has 0 unspecified atom stereocenters. The van der Waals surface area contributed by atoms with Crippen molar-refractivity contribution in [1.29, 1.82) is 0 Å². The number of esters is 1. The van der Waals surface area contributed by atoms with Gasteiger partial charge in [-0.3, -0.25) is 9.78 Å². The smallest absolute Gasteiger partial charge is 0.339 e. The third-order valence-corrected chi connectivity index (χ3v) is 5.42. The fourth-order valence-electron chi connectivity index (χ4n) is 3.91. The van der Waals surface area contributed by atoms with E-state index < -0.39 is 12.1 Å². The number of fused-ring (bicyclic) bond motifs is 2. The quantitative estimate of drug-likeness (QED) is 0.487. The molecule has 2 atom stereocenters. The second-order valence-electron chi connectivity index (χ2n) is 7.55. The maximum atomic E-state index is 13.2. The Morgan fingerprint density at radius 1 is 1.07 bits per heavy atom. The number of hydrogen-bond donors (Lipinski definition) is 0. The van der Waals surface area contributed by atoms with Gasteiger partial charge < -0.3 is 4.74 Å². The summed E-state index contributed by atoms with van der Waals surface area (Å²) in [5.74, 6) is -0.152. The molecule has 0 bridgehead atoms. The summed E-state index contributed by atoms with van der Waals surface area (Å²) in [7, 11) is 0. The number of rotatable bonds is 4. The SMILES string of the molecule is C[C@@H]1CCc2nc3ccccc3c(C(=O)O[C@H](C)C(=O)c3ccccc3)c2C1. The highest BCUT2D eigenvalue weighted by molar-refractivity contribution is 6.07. The number of aromatic nitrogens is 1. The standard InChI is InChI=1S/C24H23NO3/c1-15-12-13-21-19(14-15)22(18-10-6-7-11-20(18)25-21)24(27)28-16(2)23(26)17-8-4-3-5-9-17/h3-11,15-16H,12-14H2,1-2H3/t15-,16-/m1/s1. The number of pyridine rings is 1. The fourth-order valence-corrected chi connectivity index (χ4v) is 3.91. The molecule has 0 spiro atoms. The summed E-state index contributed by atoms with van der Waals surface area (Å²) in [6, 6.07) is 16.6. The predicted molar refractivity (Wildman–Crippen MR) is 109 cm³/mol. The molecule has 1 aliphatic carbocycles. The van der Waals surface area contributed by atoms with Crippen LogP contribution in [0.15, 0.2) is 54.6 Å². The molecule has 0 N–H and O–H groups in total. The number of benzene rings is 2. The van der Waals surface area contributed by atoms with Gasteiger partial charge in [0.05, 0.1) is 11.1 Å². The molecule has 142 valence electrons. The summed E-state index contributed by atoms with van der Waals surface area (Å²) in [5, 5.41) is 0.791. The molecule has 1 aliphatic rings. The van der Waals surface area contributed by atoms with Crippen molar-refractivity contribution in [1.82, 2.24) is 4.98 Å². The Morgan fingerprint density at radius 2 is 1.79 bits per heavy atom. The van der Waals surface area contributed by atoms with Crippen molar-refractivity contribution in [2.75, 3.05) is 0 Å². The lowest BCUT2D eigenvalue weighted by molar-refractivity contribution is 0.0319. The van der Waals surface area contributed by atoms with Gasteiger partial charge in [-0.25, -0.2) is 4.79 Å². The molecule has 4 heteroatoms. The van der Waals surface area contributed by atoms with Crippen LogP contribution in [0.1, 0.15) is 52.2 Å². The highest BCUT2D eigenvalue weighted by Gasteiger charge is 2.28. The Bertz CT molecular complexity index is 1040. The van der Waals surface area contributed by atoms with Crippen molar-refractivity contribution in [3.63, 3.8) is 0 Å². The molecule has 0 amide bonds. The molecule has 1 aromatic heterocycles. The third kappa shape index (κ3) is 3.42. The average Bonchev–Trinajstić information content (AvgIpc) is 2.72. The van der Waals surface area contributed by atoms with Gasteiger partial charge >= 0.3 is 5.97 Å². The van der Waals surface area contributed by atoms with Crippen molar-refractivity contribution in [2.24, 2.45) is 5.92 Å². The number of nitrogens with zero attached hydrogens (tertiary/aromatic N) is 1. The predicted octanol–water partition coefficient (Wildman–Crippen LogP) is 4.79. The molecule has 0 aliphatic heterocycles. The Balaban J connectivity index is 1.71. The lowest BCUT2D eigenvalue weighted by Crippen LogP contribution is -2.26. The van der Waals surface area contributed by atoms with E-state index >= 15 is 0 Å². The van der Waals surface area contributed by atoms with Crippen molar-refractivity contribution in [3.05, 3.63) is 77.0 Å². The van der Waals surface area contributed by atoms with Crippen molar-refractivity contribution in [2.45, 2.75) is 39.2 Å². The van der Waals surface area contributed by atoms with Crippen LogP contribution < -0.4 is 0 Å². The number of para-hydroxylation sites is 1. The maximum Gasteiger partial charge on any atom is 0.339 e. The van der Waals surface area contributed by atoms with Crippen LogP contribution in [0.4, 0.5) is 0 Å². The Morgan fingerprint density at radius 3 is 2.57 bits per heavy atom. The fraction of sp³-hybridized carbons (Fsp3) is 0.292. The normalized spacial score (nSPS) is 17.0. The van der Waals surface area contributed by atoms with Crippen LogP contribution >= 0.6 is 0 Å². The van der Waals surface area contributed by atoms with Crippen LogP contribution in [0.2, 0.25) is 0 Å². The van der Waals surface area contributed by atoms with Crippen molar-refractivity contribution >= 4 is 22.7 Å². The van der Waals surface area contributed by atoms with Crippen LogP contribution in [0.3, 0.4) is 0 Å². The van der Waals surface area contributed by atoms with Gasteiger partial charge in [-0.05, 0) is 43.7 Å². The van der Waals surface area contributed by atoms with Crippen LogP contribution in [-0.4, -0.2) is 22.8 Å². The van der Waals surface area contributed by atoms with Crippen LogP contribution in [0, 0.1) is 5.92 Å². The number of aryl methyl sites for hydroxylation is 1. The zero-order valence-electron chi connectivity index (χ0n) is 16.1. The number of carbonyl (C=O) groups is 2. The van der Waals surface area contributed by atoms with E-state index in [4.69, 9.17) is 9.72 Å². The van der Waals surface area contributed by atoms with E-state index in [1.54, 1.807) is 31.2 Å². The molecular formula is C24H23NO3. The number of ether oxygens (including phenoxy) is 1. The Labute approximate surface area is 164 Å². The Kier molecular flexibility index (Phi) is 4.95. The minimum Gasteiger partial charge on any atom is -0.451 e. The number of ketones is 1. The topological polar surface area (TPSA) is 56.3 Å². The zero-order valence-corrected chi connectivity index (χ0v) is 16.1. The van der Waals surface area contributed by atoms with E-state index in [0.29, 0.717) is 17.0 Å². The number of hydrogen-bond acceptors (Lipinski definition) is 4. The zero-order chi connectivity index (χ0) is 19.7. The van der Waals surface area contributed by atoms with Crippen molar-refractivity contribution in [3.8, 4) is 0 Å². The summed E-state index contributed by atoms with van der Waals surface area (Å²) in [4.78, 5) is 30.6. The van der Waals surface area contributed by atoms with E-state index in [1.807, 2.05) is 30.3 Å². The highest BCUT2D eigenvalue weighted by Crippen LogP contribution is 2.32. The molecule has 3 aromatic rings. The highest BCUT2D eigenvalue weighted by atomic mass is 16.5. The van der Waals surface area contributed by atoms with Gasteiger partial charge in [0.2, 0.25) is 5.78 Å². The van der Waals surface area contributed by atoms with Crippen LogP contribution in [-0.2, 0) is 17.6 Å². The molecule has 1 heterocycles. The number of Topliss-reactive ketones (excluding diaryl/α,β-unsaturated/α-hetero) is 1. The molecule has 2 aromatic carbocycles. The second kappa shape index (κ2) is 7.55. The minimum absolute atomic E-state index is 0.199. The molecule has 0 saturated carbocycles. The summed E-state index contributed by atoms with van der Waals surface area (Å²) >= 11 is 0. The molecule has 0 saturated heterocycles. The van der Waals surface area contributed by atoms with Gasteiger partial charge in [0.25, 0.3) is 0 Å². The lowest BCUT2D eigenvalue weighted by Gasteiger charge is -2.24. The summed E-state index contributed by atoms with van der Waals surface area (Å²) in [6.07, 6.45) is 1.88. The van der Waals surface area contributed by atoms with E-state index in [9.17, 15) is 9.59 Å². The van der Waals surface area contributed by atoms with Gasteiger partial charge in [-0.2, -0.15) is 0 Å². The van der Waals surface area contributed by atoms with E-state index in [-0.39, 0.29) is 5.78 Å². The molecule has 4 rings (SSSR count). The minimum atomic E-state index is -0.849. The first-order chi connectivity index (χ1) is 13.5. The summed E-state index contributed by atoms with van der Waals surface area (Å²) < 4.78 is 5.65. The van der Waals surface area contributed by atoms with E-state index in [1.165, 1.54) is 0 Å². The molecule has 0 radical (unpaired) electrons. The first kappa shape index (κ1) is 18.4. The van der Waals surface area contributed by atoms with Gasteiger partial charge in [0.1, 0.15) is 0 Å². The number of carbonyl (C=O) groups excluding carboxylic acids is 2. The van der Waals surface area contributed by atoms with E-state index in [0.717, 1.165) is 41.4 Å². The monoisotopic (exact) mass is 373 g/mol. The van der Waals surface area contributed by atoms with Crippen molar-refractivity contribution < 1.29 is 14.3 Å². The molecule has 28 heavy (non-hydrogen) atoms. The van der Waals surface area contributed by atoms with Gasteiger partial charge in [0, 0.05) is 16.6 Å². The summed E-state index contributed by atoms with van der Waals surface area (Å²) in [6.45, 7) is 3.82. The van der Waals surface area contributed by atoms with Gasteiger partial charge in [0.15, 0.2) is 6.10 Å². The largest absolute Gasteiger partial charge is 0.451 e. The molecule has 0 fully saturated rings. The molecular weight excluding hydrogens is 350 g/mol. The first-order valence-corrected chi connectivity index (χ1v) is 9.75. The average molecular weight is 373 g/mol. The van der Waals surface area contributed by atoms with Crippen LogP contribution in [0.25, 0.3) is 10.9 Å². The van der Waals surface area contributed by atoms with E-state index in [2.05, 4.69) is 6.92 Å². The first-order valence-electron chi connectivity index (χ1n) is 9.75. The lowest BCUT2D eigenvalue weighted by atomic mass is 9.84. The molecule has 4 nitrogen and oxygen atoms in total. The third-order valence-electron chi connectivity index (χ3n) is 5.42. The second-order valence-corrected chi connectivity index (χ2v) is 7.55. The van der Waals surface area contributed by atoms with Gasteiger partial charge in [-0.1, -0.05) is 55.5 Å². The maximum absolute atomic E-state index is 13.2. The summed E-state index contributed by atoms with van der Waals surface area (Å²) in [5.41, 5.74) is 3.86. The Hall–Kier alpha value is -3.01. The van der Waals surface area contributed by atoms with Gasteiger partial charge in [-0.15, -0.1) is 0 Å². The van der Waals surface area contributed by atoms with Crippen LogP contribution in [0.5, 0.6) is 0 Å².